The molecule has 13 heteroatoms. The van der Waals surface area contributed by atoms with Crippen LogP contribution >= 0.6 is 0 Å². The Bertz CT molecular complexity index is 1390. The van der Waals surface area contributed by atoms with Gasteiger partial charge in [-0.05, 0) is 42.2 Å². The normalized spacial score (nSPS) is 23.1. The fourth-order valence-corrected chi connectivity index (χ4v) is 5.51. The number of nitrogens with zero attached hydrogens (tertiary/aromatic N) is 4. The van der Waals surface area contributed by atoms with Crippen LogP contribution in [0.25, 0.3) is 0 Å². The molecule has 1 saturated heterocycles. The summed E-state index contributed by atoms with van der Waals surface area (Å²) in [5.41, 5.74) is 1.49. The van der Waals surface area contributed by atoms with Crippen molar-refractivity contribution in [3.05, 3.63) is 87.1 Å². The van der Waals surface area contributed by atoms with Gasteiger partial charge in [0, 0.05) is 18.6 Å². The highest BCUT2D eigenvalue weighted by atomic mass is 19.4. The number of alkyl halides is 3. The summed E-state index contributed by atoms with van der Waals surface area (Å²) in [6.07, 6.45) is -5.44. The monoisotopic (exact) mass is 558 g/mol. The zero-order valence-corrected chi connectivity index (χ0v) is 21.2. The van der Waals surface area contributed by atoms with Crippen molar-refractivity contribution in [1.29, 1.82) is 0 Å². The van der Waals surface area contributed by atoms with Crippen LogP contribution in [0.5, 0.6) is 0 Å². The molecule has 2 aromatic rings. The first-order chi connectivity index (χ1) is 18.9. The van der Waals surface area contributed by atoms with Crippen molar-refractivity contribution in [3.8, 4) is 0 Å². The van der Waals surface area contributed by atoms with Gasteiger partial charge in [-0.1, -0.05) is 30.3 Å². The molecule has 40 heavy (non-hydrogen) atoms. The quantitative estimate of drug-likeness (QED) is 0.227. The van der Waals surface area contributed by atoms with Crippen molar-refractivity contribution in [3.63, 3.8) is 0 Å². The predicted molar refractivity (Wildman–Crippen MR) is 134 cm³/mol. The van der Waals surface area contributed by atoms with E-state index in [1.807, 2.05) is 0 Å². The molecule has 1 fully saturated rings. The van der Waals surface area contributed by atoms with E-state index in [-0.39, 0.29) is 36.4 Å². The fraction of sp³-hybridized carbons (Fsp3) is 0.370. The molecule has 3 aliphatic heterocycles. The van der Waals surface area contributed by atoms with Crippen LogP contribution in [-0.2, 0) is 20.9 Å². The number of β-lactam (4-membered cyclic amide) rings is 1. The zero-order chi connectivity index (χ0) is 28.8. The summed E-state index contributed by atoms with van der Waals surface area (Å²) in [5, 5.41) is 26.2. The molecule has 0 bridgehead atoms. The second-order valence-corrected chi connectivity index (χ2v) is 9.97. The predicted octanol–water partition coefficient (Wildman–Crippen LogP) is 3.54. The number of aliphatic hydroxyl groups excluding tert-OH is 1. The average molecular weight is 559 g/mol. The number of aliphatic hydroxyl groups is 1. The zero-order valence-electron chi connectivity index (χ0n) is 21.2. The minimum atomic E-state index is -4.58. The highest BCUT2D eigenvalue weighted by Crippen LogP contribution is 2.47. The van der Waals surface area contributed by atoms with Gasteiger partial charge in [-0.15, -0.1) is 0 Å². The first-order valence-electron chi connectivity index (χ1n) is 12.6. The number of esters is 1. The van der Waals surface area contributed by atoms with E-state index in [0.29, 0.717) is 16.8 Å². The standard InChI is InChI=1S/C27H25F3N4O6/c1-15(35)23-22-11-19(21-12-20(17-5-3-2-4-6-17)31-32(21)14-27(28,29)30)24(33(22)25(23)36)26(37)40-13-16-7-9-18(10-8-16)34(38)39/h2-10,15,21-23,35H,11-14H2,1H3/t15-,21+,22-,23-/m1/s1. The number of amides is 1. The van der Waals surface area contributed by atoms with Gasteiger partial charge in [0.1, 0.15) is 18.8 Å². The molecule has 1 amide bonds. The second kappa shape index (κ2) is 10.4. The first kappa shape index (κ1) is 27.3. The lowest BCUT2D eigenvalue weighted by Gasteiger charge is -2.44. The van der Waals surface area contributed by atoms with Crippen LogP contribution in [-0.4, -0.2) is 68.4 Å². The Morgan fingerprint density at radius 1 is 1.18 bits per heavy atom. The molecule has 0 unspecified atom stereocenters. The third-order valence-corrected chi connectivity index (χ3v) is 7.32. The van der Waals surface area contributed by atoms with Crippen molar-refractivity contribution >= 4 is 23.3 Å². The van der Waals surface area contributed by atoms with E-state index in [9.17, 15) is 38.0 Å². The van der Waals surface area contributed by atoms with E-state index < -0.39 is 53.6 Å². The fourth-order valence-electron chi connectivity index (χ4n) is 5.51. The molecule has 210 valence electrons. The number of rotatable bonds is 8. The third kappa shape index (κ3) is 5.16. The van der Waals surface area contributed by atoms with Gasteiger partial charge in [-0.2, -0.15) is 18.3 Å². The molecule has 2 aromatic carbocycles. The number of hydrazone groups is 1. The summed E-state index contributed by atoms with van der Waals surface area (Å²) in [6, 6.07) is 12.5. The summed E-state index contributed by atoms with van der Waals surface area (Å²) in [4.78, 5) is 37.9. The SMILES string of the molecule is C[C@@H](O)[C@H]1C(=O)N2C(C(=O)OCc3ccc([N+](=O)[O-])cc3)=C([C@@H]3CC(c4ccccc4)=NN3CC(F)(F)F)C[C@H]12. The van der Waals surface area contributed by atoms with Gasteiger partial charge in [0.05, 0.1) is 34.7 Å². The third-order valence-electron chi connectivity index (χ3n) is 7.32. The number of halogens is 3. The van der Waals surface area contributed by atoms with E-state index in [1.54, 1.807) is 30.3 Å². The molecule has 5 rings (SSSR count). The molecule has 0 spiro atoms. The average Bonchev–Trinajstić information content (AvgIpc) is 3.45. The van der Waals surface area contributed by atoms with Crippen molar-refractivity contribution in [2.45, 2.75) is 50.7 Å². The van der Waals surface area contributed by atoms with Crippen molar-refractivity contribution in [2.75, 3.05) is 6.54 Å². The molecular weight excluding hydrogens is 533 g/mol. The number of carbonyl (C=O) groups is 2. The molecule has 0 aliphatic carbocycles. The summed E-state index contributed by atoms with van der Waals surface area (Å²) >= 11 is 0. The van der Waals surface area contributed by atoms with Gasteiger partial charge < -0.3 is 14.7 Å². The van der Waals surface area contributed by atoms with Gasteiger partial charge in [0.25, 0.3) is 5.69 Å². The Morgan fingerprint density at radius 2 is 1.85 bits per heavy atom. The lowest BCUT2D eigenvalue weighted by atomic mass is 9.82. The largest absolute Gasteiger partial charge is 0.456 e. The second-order valence-electron chi connectivity index (χ2n) is 9.97. The summed E-state index contributed by atoms with van der Waals surface area (Å²) in [6.45, 7) is -0.184. The Morgan fingerprint density at radius 3 is 2.45 bits per heavy atom. The van der Waals surface area contributed by atoms with E-state index in [0.717, 1.165) is 5.01 Å². The van der Waals surface area contributed by atoms with Crippen molar-refractivity contribution < 1.29 is 37.5 Å². The van der Waals surface area contributed by atoms with Gasteiger partial charge in [-0.3, -0.25) is 19.9 Å². The van der Waals surface area contributed by atoms with Crippen LogP contribution in [0.2, 0.25) is 0 Å². The van der Waals surface area contributed by atoms with E-state index >= 15 is 0 Å². The Balaban J connectivity index is 1.46. The van der Waals surface area contributed by atoms with Crippen LogP contribution in [0.15, 0.2) is 71.0 Å². The Labute approximate surface area is 226 Å². The maximum absolute atomic E-state index is 13.6. The van der Waals surface area contributed by atoms with E-state index in [4.69, 9.17) is 4.74 Å². The Hall–Kier alpha value is -4.26. The number of carbonyl (C=O) groups excluding carboxylic acids is 2. The molecule has 3 heterocycles. The molecule has 0 radical (unpaired) electrons. The van der Waals surface area contributed by atoms with E-state index in [2.05, 4.69) is 5.10 Å². The van der Waals surface area contributed by atoms with Crippen LogP contribution < -0.4 is 0 Å². The number of hydrogen-bond acceptors (Lipinski definition) is 8. The summed E-state index contributed by atoms with van der Waals surface area (Å²) < 4.78 is 46.2. The lowest BCUT2D eigenvalue weighted by Crippen LogP contribution is -2.61. The van der Waals surface area contributed by atoms with Gasteiger partial charge in [0.15, 0.2) is 0 Å². The number of non-ortho nitro benzene ring substituents is 1. The van der Waals surface area contributed by atoms with Crippen LogP contribution in [0.3, 0.4) is 0 Å². The van der Waals surface area contributed by atoms with E-state index in [1.165, 1.54) is 36.1 Å². The van der Waals surface area contributed by atoms with Crippen LogP contribution in [0.4, 0.5) is 18.9 Å². The number of hydrogen-bond donors (Lipinski definition) is 1. The summed E-state index contributed by atoms with van der Waals surface area (Å²) in [5.74, 6) is -2.22. The molecule has 3 aliphatic rings. The summed E-state index contributed by atoms with van der Waals surface area (Å²) in [7, 11) is 0. The number of nitro benzene ring substituents is 1. The Kier molecular flexibility index (Phi) is 7.08. The molecule has 0 saturated carbocycles. The molecular formula is C27H25F3N4O6. The maximum Gasteiger partial charge on any atom is 0.407 e. The van der Waals surface area contributed by atoms with Crippen molar-refractivity contribution in [1.82, 2.24) is 9.91 Å². The maximum atomic E-state index is 13.6. The van der Waals surface area contributed by atoms with Crippen LogP contribution in [0.1, 0.15) is 30.9 Å². The minimum absolute atomic E-state index is 0.0721. The number of fused-ring (bicyclic) bond motifs is 1. The molecule has 0 aromatic heterocycles. The minimum Gasteiger partial charge on any atom is -0.456 e. The number of benzene rings is 2. The number of ether oxygens (including phenoxy) is 1. The number of nitro groups is 1. The lowest BCUT2D eigenvalue weighted by molar-refractivity contribution is -0.384. The topological polar surface area (TPSA) is 126 Å². The van der Waals surface area contributed by atoms with Gasteiger partial charge in [-0.25, -0.2) is 4.79 Å². The van der Waals surface area contributed by atoms with Crippen LogP contribution in [0, 0.1) is 16.0 Å². The molecule has 10 nitrogen and oxygen atoms in total. The smallest absolute Gasteiger partial charge is 0.407 e. The van der Waals surface area contributed by atoms with Gasteiger partial charge in [0.2, 0.25) is 5.91 Å². The molecule has 1 N–H and O–H groups in total. The molecule has 4 atom stereocenters. The highest BCUT2D eigenvalue weighted by Gasteiger charge is 2.58. The first-order valence-corrected chi connectivity index (χ1v) is 12.6. The highest BCUT2D eigenvalue weighted by molar-refractivity contribution is 6.03. The van der Waals surface area contributed by atoms with Crippen molar-refractivity contribution in [2.24, 2.45) is 11.0 Å². The van der Waals surface area contributed by atoms with Gasteiger partial charge >= 0.3 is 12.1 Å².